The lowest BCUT2D eigenvalue weighted by molar-refractivity contribution is 0.148. The van der Waals surface area contributed by atoms with Gasteiger partial charge in [0.05, 0.1) is 10.1 Å². The van der Waals surface area contributed by atoms with Gasteiger partial charge in [0.1, 0.15) is 11.6 Å². The first-order valence-electron chi connectivity index (χ1n) is 4.40. The average molecular weight is 261 g/mol. The molecule has 0 spiro atoms. The van der Waals surface area contributed by atoms with Crippen molar-refractivity contribution in [3.8, 4) is 5.75 Å². The molecule has 14 heavy (non-hydrogen) atoms. The van der Waals surface area contributed by atoms with Gasteiger partial charge in [0.25, 0.3) is 0 Å². The zero-order valence-electron chi connectivity index (χ0n) is 7.43. The third kappa shape index (κ3) is 1.77. The number of aliphatic hydroxyl groups is 1. The molecule has 2 rings (SSSR count). The molecule has 0 aliphatic heterocycles. The van der Waals surface area contributed by atoms with Gasteiger partial charge in [0.2, 0.25) is 0 Å². The molecule has 76 valence electrons. The predicted molar refractivity (Wildman–Crippen MR) is 53.7 cm³/mol. The summed E-state index contributed by atoms with van der Waals surface area (Å²) in [5.74, 6) is -0.573. The smallest absolute Gasteiger partial charge is 0.135 e. The predicted octanol–water partition coefficient (Wildman–Crippen LogP) is 2.36. The zero-order chi connectivity index (χ0) is 10.3. The van der Waals surface area contributed by atoms with Crippen LogP contribution in [-0.2, 0) is 6.42 Å². The minimum atomic E-state index is -0.793. The van der Waals surface area contributed by atoms with Crippen LogP contribution in [0.15, 0.2) is 16.6 Å². The standard InChI is InChI=1S/C10H10BrFO2/c11-7-1-2-8(12)6(9(7)13)5-10(14)3-4-10/h1-2,13-14H,3-5H2. The lowest BCUT2D eigenvalue weighted by Crippen LogP contribution is -2.12. The van der Waals surface area contributed by atoms with Gasteiger partial charge in [-0.2, -0.15) is 0 Å². The molecule has 1 saturated carbocycles. The molecular formula is C10H10BrFO2. The van der Waals surface area contributed by atoms with Gasteiger partial charge < -0.3 is 10.2 Å². The Morgan fingerprint density at radius 1 is 1.43 bits per heavy atom. The van der Waals surface area contributed by atoms with Crippen LogP contribution in [0, 0.1) is 5.82 Å². The minimum absolute atomic E-state index is 0.106. The van der Waals surface area contributed by atoms with Crippen LogP contribution >= 0.6 is 15.9 Å². The summed E-state index contributed by atoms with van der Waals surface area (Å²) in [6.07, 6.45) is 1.54. The van der Waals surface area contributed by atoms with Crippen molar-refractivity contribution in [3.63, 3.8) is 0 Å². The highest BCUT2D eigenvalue weighted by atomic mass is 79.9. The summed E-state index contributed by atoms with van der Waals surface area (Å²) in [7, 11) is 0. The summed E-state index contributed by atoms with van der Waals surface area (Å²) in [6, 6.07) is 2.73. The number of hydrogen-bond acceptors (Lipinski definition) is 2. The fourth-order valence-electron chi connectivity index (χ4n) is 1.40. The molecule has 4 heteroatoms. The van der Waals surface area contributed by atoms with Crippen molar-refractivity contribution in [2.75, 3.05) is 0 Å². The van der Waals surface area contributed by atoms with Crippen molar-refractivity contribution in [1.82, 2.24) is 0 Å². The van der Waals surface area contributed by atoms with E-state index in [0.29, 0.717) is 17.3 Å². The van der Waals surface area contributed by atoms with Crippen LogP contribution in [-0.4, -0.2) is 15.8 Å². The normalized spacial score (nSPS) is 18.2. The lowest BCUT2D eigenvalue weighted by Gasteiger charge is -2.11. The molecule has 2 N–H and O–H groups in total. The maximum Gasteiger partial charge on any atom is 0.135 e. The molecule has 1 aromatic rings. The Morgan fingerprint density at radius 2 is 2.07 bits per heavy atom. The molecule has 0 bridgehead atoms. The number of benzene rings is 1. The largest absolute Gasteiger partial charge is 0.506 e. The van der Waals surface area contributed by atoms with Crippen LogP contribution in [0.5, 0.6) is 5.75 Å². The molecule has 0 heterocycles. The molecule has 1 aliphatic rings. The van der Waals surface area contributed by atoms with Crippen LogP contribution in [0.2, 0.25) is 0 Å². The molecular weight excluding hydrogens is 251 g/mol. The maximum atomic E-state index is 13.3. The molecule has 1 aromatic carbocycles. The third-order valence-corrected chi connectivity index (χ3v) is 3.15. The highest BCUT2D eigenvalue weighted by Gasteiger charge is 2.41. The van der Waals surface area contributed by atoms with E-state index in [1.54, 1.807) is 0 Å². The van der Waals surface area contributed by atoms with Crippen LogP contribution in [0.4, 0.5) is 4.39 Å². The SMILES string of the molecule is Oc1c(Br)ccc(F)c1CC1(O)CC1. The Hall–Kier alpha value is -0.610. The van der Waals surface area contributed by atoms with E-state index in [4.69, 9.17) is 0 Å². The number of phenolic OH excluding ortho intramolecular Hbond substituents is 1. The molecule has 0 radical (unpaired) electrons. The summed E-state index contributed by atoms with van der Waals surface area (Å²) in [5.41, 5.74) is -0.599. The van der Waals surface area contributed by atoms with Crippen molar-refractivity contribution >= 4 is 15.9 Å². The second-order valence-electron chi connectivity index (χ2n) is 3.76. The number of halogens is 2. The van der Waals surface area contributed by atoms with Gasteiger partial charge in [-0.1, -0.05) is 0 Å². The summed E-state index contributed by atoms with van der Waals surface area (Å²) in [4.78, 5) is 0. The van der Waals surface area contributed by atoms with E-state index in [2.05, 4.69) is 15.9 Å². The first-order chi connectivity index (χ1) is 6.52. The van der Waals surface area contributed by atoms with Crippen molar-refractivity contribution < 1.29 is 14.6 Å². The molecule has 0 aromatic heterocycles. The number of phenols is 1. The van der Waals surface area contributed by atoms with Gasteiger partial charge >= 0.3 is 0 Å². The van der Waals surface area contributed by atoms with Crippen LogP contribution in [0.25, 0.3) is 0 Å². The van der Waals surface area contributed by atoms with E-state index in [9.17, 15) is 14.6 Å². The molecule has 0 atom stereocenters. The van der Waals surface area contributed by atoms with Crippen molar-refractivity contribution in [2.24, 2.45) is 0 Å². The number of aromatic hydroxyl groups is 1. The van der Waals surface area contributed by atoms with Crippen molar-refractivity contribution in [2.45, 2.75) is 24.9 Å². The van der Waals surface area contributed by atoms with Gasteiger partial charge in [-0.3, -0.25) is 0 Å². The molecule has 1 aliphatic carbocycles. The van der Waals surface area contributed by atoms with Gasteiger partial charge in [-0.25, -0.2) is 4.39 Å². The summed E-state index contributed by atoms with van der Waals surface area (Å²) >= 11 is 3.11. The van der Waals surface area contributed by atoms with Crippen LogP contribution < -0.4 is 0 Å². The highest BCUT2D eigenvalue weighted by molar-refractivity contribution is 9.10. The molecule has 1 fully saturated rings. The maximum absolute atomic E-state index is 13.3. The van der Waals surface area contributed by atoms with Gasteiger partial charge in [0.15, 0.2) is 0 Å². The second-order valence-corrected chi connectivity index (χ2v) is 4.61. The first kappa shape index (κ1) is 9.93. The summed E-state index contributed by atoms with van der Waals surface area (Å²) < 4.78 is 13.8. The fraction of sp³-hybridized carbons (Fsp3) is 0.400. The highest BCUT2D eigenvalue weighted by Crippen LogP contribution is 2.42. The Bertz CT molecular complexity index is 375. The van der Waals surface area contributed by atoms with E-state index in [0.717, 1.165) is 0 Å². The topological polar surface area (TPSA) is 40.5 Å². The molecule has 0 unspecified atom stereocenters. The van der Waals surface area contributed by atoms with Crippen molar-refractivity contribution in [3.05, 3.63) is 28.0 Å². The fourth-order valence-corrected chi connectivity index (χ4v) is 1.77. The Labute approximate surface area is 89.5 Å². The van der Waals surface area contributed by atoms with E-state index in [1.807, 2.05) is 0 Å². The first-order valence-corrected chi connectivity index (χ1v) is 5.19. The Morgan fingerprint density at radius 3 is 2.64 bits per heavy atom. The zero-order valence-corrected chi connectivity index (χ0v) is 9.01. The van der Waals surface area contributed by atoms with Crippen molar-refractivity contribution in [1.29, 1.82) is 0 Å². The van der Waals surface area contributed by atoms with E-state index >= 15 is 0 Å². The minimum Gasteiger partial charge on any atom is -0.506 e. The quantitative estimate of drug-likeness (QED) is 0.857. The monoisotopic (exact) mass is 260 g/mol. The van der Waals surface area contributed by atoms with E-state index in [-0.39, 0.29) is 17.7 Å². The van der Waals surface area contributed by atoms with E-state index in [1.165, 1.54) is 12.1 Å². The summed E-state index contributed by atoms with van der Waals surface area (Å²) in [5, 5.41) is 19.2. The average Bonchev–Trinajstić information content (AvgIpc) is 2.86. The molecule has 2 nitrogen and oxygen atoms in total. The van der Waals surface area contributed by atoms with Gasteiger partial charge in [-0.15, -0.1) is 0 Å². The Kier molecular flexibility index (Phi) is 2.27. The van der Waals surface area contributed by atoms with Crippen LogP contribution in [0.3, 0.4) is 0 Å². The molecule has 0 amide bonds. The number of rotatable bonds is 2. The number of hydrogen-bond donors (Lipinski definition) is 2. The van der Waals surface area contributed by atoms with Gasteiger partial charge in [-0.05, 0) is 40.9 Å². The van der Waals surface area contributed by atoms with Gasteiger partial charge in [0, 0.05) is 12.0 Å². The lowest BCUT2D eigenvalue weighted by atomic mass is 10.1. The third-order valence-electron chi connectivity index (χ3n) is 2.51. The Balaban J connectivity index is 2.35. The van der Waals surface area contributed by atoms with E-state index < -0.39 is 11.4 Å². The molecule has 0 saturated heterocycles. The summed E-state index contributed by atoms with van der Waals surface area (Å²) in [6.45, 7) is 0. The second kappa shape index (κ2) is 3.21. The van der Waals surface area contributed by atoms with Crippen LogP contribution in [0.1, 0.15) is 18.4 Å².